The zero-order chi connectivity index (χ0) is 14.7. The Morgan fingerprint density at radius 1 is 1.05 bits per heavy atom. The molecule has 3 rings (SSSR count). The van der Waals surface area contributed by atoms with Gasteiger partial charge in [0.15, 0.2) is 0 Å². The Bertz CT molecular complexity index is 731. The van der Waals surface area contributed by atoms with Crippen LogP contribution in [0.1, 0.15) is 18.3 Å². The van der Waals surface area contributed by atoms with Gasteiger partial charge < -0.3 is 9.88 Å². The summed E-state index contributed by atoms with van der Waals surface area (Å²) >= 11 is 0. The molecule has 0 saturated carbocycles. The van der Waals surface area contributed by atoms with Gasteiger partial charge in [-0.15, -0.1) is 0 Å². The Hall–Kier alpha value is -2.20. The minimum absolute atomic E-state index is 0.202. The first-order valence-electron chi connectivity index (χ1n) is 7.17. The maximum atomic E-state index is 12.9. The number of halogens is 1. The summed E-state index contributed by atoms with van der Waals surface area (Å²) < 4.78 is 15.1. The number of aryl methyl sites for hydroxylation is 1. The lowest BCUT2D eigenvalue weighted by Crippen LogP contribution is -2.16. The summed E-state index contributed by atoms with van der Waals surface area (Å²) in [5, 5.41) is 3.37. The summed E-state index contributed by atoms with van der Waals surface area (Å²) in [4.78, 5) is 4.67. The number of fused-ring (bicyclic) bond motifs is 1. The average Bonchev–Trinajstić information content (AvgIpc) is 2.86. The molecule has 1 N–H and O–H groups in total. The van der Waals surface area contributed by atoms with Gasteiger partial charge in [-0.3, -0.25) is 0 Å². The Balaban J connectivity index is 1.71. The fourth-order valence-electron chi connectivity index (χ4n) is 2.53. The molecule has 0 aliphatic rings. The van der Waals surface area contributed by atoms with Crippen LogP contribution in [-0.2, 0) is 19.6 Å². The van der Waals surface area contributed by atoms with Gasteiger partial charge in [-0.25, -0.2) is 9.37 Å². The second-order valence-corrected chi connectivity index (χ2v) is 4.99. The van der Waals surface area contributed by atoms with Gasteiger partial charge in [-0.2, -0.15) is 0 Å². The number of hydrogen-bond donors (Lipinski definition) is 1. The van der Waals surface area contributed by atoms with Crippen LogP contribution in [0.25, 0.3) is 11.0 Å². The predicted octanol–water partition coefficient (Wildman–Crippen LogP) is 3.49. The highest BCUT2D eigenvalue weighted by atomic mass is 19.1. The molecule has 0 radical (unpaired) electrons. The topological polar surface area (TPSA) is 29.9 Å². The maximum absolute atomic E-state index is 12.9. The SMILES string of the molecule is CCn1c(CNCc2ccc(F)cc2)nc2ccccc21. The van der Waals surface area contributed by atoms with Crippen LogP contribution >= 0.6 is 0 Å². The first-order valence-corrected chi connectivity index (χ1v) is 7.17. The average molecular weight is 283 g/mol. The number of nitrogens with zero attached hydrogens (tertiary/aromatic N) is 2. The van der Waals surface area contributed by atoms with Crippen molar-refractivity contribution in [2.75, 3.05) is 0 Å². The van der Waals surface area contributed by atoms with E-state index in [0.29, 0.717) is 13.1 Å². The molecule has 3 nitrogen and oxygen atoms in total. The Morgan fingerprint density at radius 2 is 1.81 bits per heavy atom. The van der Waals surface area contributed by atoms with E-state index in [9.17, 15) is 4.39 Å². The zero-order valence-electron chi connectivity index (χ0n) is 12.0. The molecule has 0 spiro atoms. The monoisotopic (exact) mass is 283 g/mol. The van der Waals surface area contributed by atoms with E-state index in [0.717, 1.165) is 23.4 Å². The molecule has 0 atom stereocenters. The van der Waals surface area contributed by atoms with Crippen molar-refractivity contribution in [3.8, 4) is 0 Å². The third-order valence-electron chi connectivity index (χ3n) is 3.58. The third kappa shape index (κ3) is 2.95. The quantitative estimate of drug-likeness (QED) is 0.777. The van der Waals surface area contributed by atoms with Crippen LogP contribution < -0.4 is 5.32 Å². The Labute approximate surface area is 123 Å². The largest absolute Gasteiger partial charge is 0.327 e. The molecule has 3 aromatic rings. The summed E-state index contributed by atoms with van der Waals surface area (Å²) in [6, 6.07) is 14.7. The van der Waals surface area contributed by atoms with Gasteiger partial charge in [-0.05, 0) is 36.8 Å². The molecule has 108 valence electrons. The van der Waals surface area contributed by atoms with Crippen molar-refractivity contribution in [1.29, 1.82) is 0 Å². The molecule has 0 fully saturated rings. The fourth-order valence-corrected chi connectivity index (χ4v) is 2.53. The lowest BCUT2D eigenvalue weighted by molar-refractivity contribution is 0.613. The molecule has 0 aliphatic carbocycles. The van der Waals surface area contributed by atoms with Crippen LogP contribution in [0.2, 0.25) is 0 Å². The van der Waals surface area contributed by atoms with Gasteiger partial charge in [0.25, 0.3) is 0 Å². The smallest absolute Gasteiger partial charge is 0.123 e. The van der Waals surface area contributed by atoms with Crippen LogP contribution in [0.4, 0.5) is 4.39 Å². The van der Waals surface area contributed by atoms with Gasteiger partial charge in [0, 0.05) is 13.1 Å². The fraction of sp³-hybridized carbons (Fsp3) is 0.235. The molecule has 1 aromatic heterocycles. The predicted molar refractivity (Wildman–Crippen MR) is 82.4 cm³/mol. The van der Waals surface area contributed by atoms with Crippen molar-refractivity contribution in [3.05, 3.63) is 65.7 Å². The molecule has 4 heteroatoms. The summed E-state index contributed by atoms with van der Waals surface area (Å²) in [5.74, 6) is 0.826. The lowest BCUT2D eigenvalue weighted by atomic mass is 10.2. The number of imidazole rings is 1. The molecule has 0 unspecified atom stereocenters. The number of rotatable bonds is 5. The van der Waals surface area contributed by atoms with Gasteiger partial charge in [0.05, 0.1) is 17.6 Å². The Kier molecular flexibility index (Phi) is 3.97. The van der Waals surface area contributed by atoms with Crippen molar-refractivity contribution >= 4 is 11.0 Å². The van der Waals surface area contributed by atoms with Crippen LogP contribution in [0.15, 0.2) is 48.5 Å². The molecular formula is C17H18FN3. The first-order chi connectivity index (χ1) is 10.3. The summed E-state index contributed by atoms with van der Waals surface area (Å²) in [5.41, 5.74) is 3.26. The van der Waals surface area contributed by atoms with Crippen molar-refractivity contribution in [1.82, 2.24) is 14.9 Å². The number of para-hydroxylation sites is 2. The van der Waals surface area contributed by atoms with E-state index in [4.69, 9.17) is 0 Å². The lowest BCUT2D eigenvalue weighted by Gasteiger charge is -2.07. The van der Waals surface area contributed by atoms with Crippen molar-refractivity contribution in [2.24, 2.45) is 0 Å². The van der Waals surface area contributed by atoms with E-state index >= 15 is 0 Å². The maximum Gasteiger partial charge on any atom is 0.123 e. The van der Waals surface area contributed by atoms with E-state index in [2.05, 4.69) is 27.9 Å². The number of hydrogen-bond acceptors (Lipinski definition) is 2. The van der Waals surface area contributed by atoms with Gasteiger partial charge in [0.1, 0.15) is 11.6 Å². The molecule has 21 heavy (non-hydrogen) atoms. The molecule has 0 bridgehead atoms. The molecule has 0 saturated heterocycles. The van der Waals surface area contributed by atoms with Crippen molar-refractivity contribution in [2.45, 2.75) is 26.6 Å². The minimum Gasteiger partial charge on any atom is -0.327 e. The second kappa shape index (κ2) is 6.06. The van der Waals surface area contributed by atoms with Crippen molar-refractivity contribution < 1.29 is 4.39 Å². The zero-order valence-corrected chi connectivity index (χ0v) is 12.0. The number of benzene rings is 2. The molecule has 2 aromatic carbocycles. The summed E-state index contributed by atoms with van der Waals surface area (Å²) in [6.45, 7) is 4.42. The number of aromatic nitrogens is 2. The van der Waals surface area contributed by atoms with E-state index in [1.54, 1.807) is 12.1 Å². The van der Waals surface area contributed by atoms with E-state index in [1.165, 1.54) is 17.6 Å². The molecule has 0 aliphatic heterocycles. The highest BCUT2D eigenvalue weighted by Gasteiger charge is 2.08. The van der Waals surface area contributed by atoms with Gasteiger partial charge >= 0.3 is 0 Å². The summed E-state index contributed by atoms with van der Waals surface area (Å²) in [7, 11) is 0. The van der Waals surface area contributed by atoms with Gasteiger partial charge in [0.2, 0.25) is 0 Å². The molecule has 0 amide bonds. The molecular weight excluding hydrogens is 265 g/mol. The third-order valence-corrected chi connectivity index (χ3v) is 3.58. The summed E-state index contributed by atoms with van der Waals surface area (Å²) in [6.07, 6.45) is 0. The minimum atomic E-state index is -0.202. The van der Waals surface area contributed by atoms with Crippen LogP contribution in [0.3, 0.4) is 0 Å². The van der Waals surface area contributed by atoms with Crippen molar-refractivity contribution in [3.63, 3.8) is 0 Å². The van der Waals surface area contributed by atoms with Crippen LogP contribution in [0, 0.1) is 5.82 Å². The van der Waals surface area contributed by atoms with E-state index in [-0.39, 0.29) is 5.82 Å². The highest BCUT2D eigenvalue weighted by molar-refractivity contribution is 5.75. The normalized spacial score (nSPS) is 11.1. The standard InChI is InChI=1S/C17H18FN3/c1-2-21-16-6-4-3-5-15(16)20-17(21)12-19-11-13-7-9-14(18)10-8-13/h3-10,19H,2,11-12H2,1H3. The van der Waals surface area contributed by atoms with E-state index in [1.807, 2.05) is 18.2 Å². The van der Waals surface area contributed by atoms with Gasteiger partial charge in [-0.1, -0.05) is 24.3 Å². The molecule has 1 heterocycles. The van der Waals surface area contributed by atoms with Crippen LogP contribution in [0.5, 0.6) is 0 Å². The first kappa shape index (κ1) is 13.8. The second-order valence-electron chi connectivity index (χ2n) is 4.99. The highest BCUT2D eigenvalue weighted by Crippen LogP contribution is 2.15. The van der Waals surface area contributed by atoms with E-state index < -0.39 is 0 Å². The number of nitrogens with one attached hydrogen (secondary N) is 1. The Morgan fingerprint density at radius 3 is 2.57 bits per heavy atom. The van der Waals surface area contributed by atoms with Crippen LogP contribution in [-0.4, -0.2) is 9.55 Å².